The fraction of sp³-hybridized carbons (Fsp3) is 0.429. The van der Waals surface area contributed by atoms with Crippen molar-refractivity contribution in [1.82, 2.24) is 0 Å². The van der Waals surface area contributed by atoms with Gasteiger partial charge in [0.15, 0.2) is 12.2 Å². The molecule has 11 heavy (non-hydrogen) atoms. The maximum atomic E-state index is 10.6. The van der Waals surface area contributed by atoms with Gasteiger partial charge in [-0.15, -0.1) is 0 Å². The zero-order valence-electron chi connectivity index (χ0n) is 6.44. The van der Waals surface area contributed by atoms with Gasteiger partial charge >= 0.3 is 11.0 Å². The highest BCUT2D eigenvalue weighted by atomic mass is 32.1. The van der Waals surface area contributed by atoms with Crippen molar-refractivity contribution in [3.05, 3.63) is 16.6 Å². The van der Waals surface area contributed by atoms with Gasteiger partial charge in [0.2, 0.25) is 0 Å². The number of thiazole rings is 1. The van der Waals surface area contributed by atoms with Crippen LogP contribution >= 0.6 is 11.3 Å². The highest BCUT2D eigenvalue weighted by Gasteiger charge is 2.21. The van der Waals surface area contributed by atoms with E-state index in [4.69, 9.17) is 5.11 Å². The summed E-state index contributed by atoms with van der Waals surface area (Å²) in [6, 6.07) is 0.215. The molecular weight excluding hydrogens is 162 g/mol. The molecule has 1 heterocycles. The SMILES string of the molecule is CC(C)[n+]1ccsc1C(=O)O. The second kappa shape index (κ2) is 3.00. The third kappa shape index (κ3) is 1.57. The fourth-order valence-corrected chi connectivity index (χ4v) is 1.67. The Morgan fingerprint density at radius 1 is 1.73 bits per heavy atom. The molecule has 0 atom stereocenters. The van der Waals surface area contributed by atoms with Gasteiger partial charge in [0.1, 0.15) is 0 Å². The van der Waals surface area contributed by atoms with E-state index in [0.717, 1.165) is 0 Å². The lowest BCUT2D eigenvalue weighted by Crippen LogP contribution is -2.39. The predicted octanol–water partition coefficient (Wildman–Crippen LogP) is 1.31. The van der Waals surface area contributed by atoms with E-state index in [2.05, 4.69) is 0 Å². The van der Waals surface area contributed by atoms with E-state index in [9.17, 15) is 4.79 Å². The summed E-state index contributed by atoms with van der Waals surface area (Å²) >= 11 is 1.25. The van der Waals surface area contributed by atoms with E-state index in [-0.39, 0.29) is 6.04 Å². The molecule has 0 aliphatic rings. The number of aromatic carboxylic acids is 1. The molecule has 0 unspecified atom stereocenters. The van der Waals surface area contributed by atoms with Crippen LogP contribution in [0.15, 0.2) is 11.6 Å². The van der Waals surface area contributed by atoms with Crippen LogP contribution in [0.2, 0.25) is 0 Å². The average Bonchev–Trinajstić information content (AvgIpc) is 2.32. The van der Waals surface area contributed by atoms with Gasteiger partial charge in [-0.25, -0.2) is 4.79 Å². The largest absolute Gasteiger partial charge is 0.473 e. The second-order valence-corrected chi connectivity index (χ2v) is 3.41. The number of carbonyl (C=O) groups is 1. The fourth-order valence-electron chi connectivity index (χ4n) is 0.856. The van der Waals surface area contributed by atoms with Crippen LogP contribution in [0.3, 0.4) is 0 Å². The van der Waals surface area contributed by atoms with Crippen molar-refractivity contribution in [2.45, 2.75) is 19.9 Å². The molecule has 0 aromatic carbocycles. The van der Waals surface area contributed by atoms with Gasteiger partial charge in [-0.2, -0.15) is 4.57 Å². The number of carboxylic acids is 1. The summed E-state index contributed by atoms with van der Waals surface area (Å²) < 4.78 is 1.74. The van der Waals surface area contributed by atoms with Crippen LogP contribution in [0.25, 0.3) is 0 Å². The molecule has 0 spiro atoms. The first-order valence-electron chi connectivity index (χ1n) is 3.35. The molecule has 0 aliphatic carbocycles. The van der Waals surface area contributed by atoms with E-state index in [1.165, 1.54) is 11.3 Å². The van der Waals surface area contributed by atoms with Crippen LogP contribution in [0, 0.1) is 0 Å². The topological polar surface area (TPSA) is 41.2 Å². The maximum Gasteiger partial charge on any atom is 0.412 e. The molecule has 0 saturated carbocycles. The summed E-state index contributed by atoms with van der Waals surface area (Å²) in [6.07, 6.45) is 1.79. The van der Waals surface area contributed by atoms with E-state index in [1.807, 2.05) is 13.8 Å². The van der Waals surface area contributed by atoms with Crippen molar-refractivity contribution in [3.63, 3.8) is 0 Å². The maximum absolute atomic E-state index is 10.6. The summed E-state index contributed by atoms with van der Waals surface area (Å²) in [4.78, 5) is 10.6. The number of hydrogen-bond acceptors (Lipinski definition) is 2. The Balaban J connectivity index is 3.06. The van der Waals surface area contributed by atoms with Crippen molar-refractivity contribution >= 4 is 17.3 Å². The van der Waals surface area contributed by atoms with Gasteiger partial charge < -0.3 is 5.11 Å². The standard InChI is InChI=1S/C7H9NO2S/c1-5(2)8-3-4-11-6(8)7(9)10/h3-5H,1-2H3/p+1. The molecule has 0 aliphatic heterocycles. The number of aromatic nitrogens is 1. The number of hydrogen-bond donors (Lipinski definition) is 1. The molecule has 0 bridgehead atoms. The molecule has 1 aromatic heterocycles. The lowest BCUT2D eigenvalue weighted by molar-refractivity contribution is -0.713. The Morgan fingerprint density at radius 3 is 2.73 bits per heavy atom. The Hall–Kier alpha value is -0.900. The van der Waals surface area contributed by atoms with Gasteiger partial charge in [-0.3, -0.25) is 0 Å². The van der Waals surface area contributed by atoms with Gasteiger partial charge in [0, 0.05) is 0 Å². The van der Waals surface area contributed by atoms with Crippen LogP contribution in [-0.2, 0) is 0 Å². The van der Waals surface area contributed by atoms with Crippen LogP contribution in [0.1, 0.15) is 29.7 Å². The summed E-state index contributed by atoms with van der Waals surface area (Å²) in [7, 11) is 0. The van der Waals surface area contributed by atoms with Gasteiger partial charge in [0.25, 0.3) is 0 Å². The van der Waals surface area contributed by atoms with Crippen molar-refractivity contribution < 1.29 is 14.5 Å². The quantitative estimate of drug-likeness (QED) is 0.683. The number of nitrogens with zero attached hydrogens (tertiary/aromatic N) is 1. The number of rotatable bonds is 2. The first-order valence-corrected chi connectivity index (χ1v) is 4.23. The molecule has 1 rings (SSSR count). The zero-order chi connectivity index (χ0) is 8.43. The molecule has 4 heteroatoms. The molecule has 0 amide bonds. The monoisotopic (exact) mass is 172 g/mol. The van der Waals surface area contributed by atoms with E-state index in [1.54, 1.807) is 16.1 Å². The summed E-state index contributed by atoms with van der Waals surface area (Å²) in [5.74, 6) is -0.853. The molecule has 1 N–H and O–H groups in total. The van der Waals surface area contributed by atoms with Gasteiger partial charge in [0.05, 0.1) is 5.38 Å². The summed E-state index contributed by atoms with van der Waals surface area (Å²) in [5.41, 5.74) is 0. The van der Waals surface area contributed by atoms with Crippen LogP contribution in [-0.4, -0.2) is 11.1 Å². The average molecular weight is 172 g/mol. The Labute approximate surface area is 68.9 Å². The molecule has 0 saturated heterocycles. The number of carboxylic acid groups (broad SMARTS) is 1. The van der Waals surface area contributed by atoms with Gasteiger partial charge in [-0.1, -0.05) is 11.3 Å². The third-order valence-corrected chi connectivity index (χ3v) is 2.24. The minimum atomic E-state index is -0.853. The third-order valence-electron chi connectivity index (χ3n) is 1.37. The van der Waals surface area contributed by atoms with Crippen molar-refractivity contribution in [2.24, 2.45) is 0 Å². The Kier molecular flexibility index (Phi) is 2.24. The highest BCUT2D eigenvalue weighted by Crippen LogP contribution is 2.05. The Morgan fingerprint density at radius 2 is 2.36 bits per heavy atom. The Bertz CT molecular complexity index is 267. The van der Waals surface area contributed by atoms with E-state index >= 15 is 0 Å². The van der Waals surface area contributed by atoms with E-state index < -0.39 is 5.97 Å². The van der Waals surface area contributed by atoms with Gasteiger partial charge in [-0.05, 0) is 13.8 Å². The molecule has 3 nitrogen and oxygen atoms in total. The minimum absolute atomic E-state index is 0.215. The lowest BCUT2D eigenvalue weighted by Gasteiger charge is -1.96. The first-order chi connectivity index (χ1) is 5.13. The van der Waals surface area contributed by atoms with Crippen LogP contribution < -0.4 is 4.57 Å². The minimum Gasteiger partial charge on any atom is -0.473 e. The lowest BCUT2D eigenvalue weighted by atomic mass is 10.4. The van der Waals surface area contributed by atoms with Crippen molar-refractivity contribution in [2.75, 3.05) is 0 Å². The van der Waals surface area contributed by atoms with Crippen molar-refractivity contribution in [3.8, 4) is 0 Å². The predicted molar refractivity (Wildman–Crippen MR) is 41.9 cm³/mol. The molecule has 0 radical (unpaired) electrons. The smallest absolute Gasteiger partial charge is 0.412 e. The molecule has 60 valence electrons. The summed E-state index contributed by atoms with van der Waals surface area (Å²) in [5, 5.41) is 10.9. The highest BCUT2D eigenvalue weighted by molar-refractivity contribution is 7.11. The normalized spacial score (nSPS) is 10.5. The van der Waals surface area contributed by atoms with Crippen molar-refractivity contribution in [1.29, 1.82) is 0 Å². The summed E-state index contributed by atoms with van der Waals surface area (Å²) in [6.45, 7) is 3.92. The second-order valence-electron chi connectivity index (χ2n) is 2.51. The first kappa shape index (κ1) is 8.20. The molecular formula is C7H10NO2S+. The van der Waals surface area contributed by atoms with Crippen LogP contribution in [0.4, 0.5) is 0 Å². The molecule has 1 aromatic rings. The van der Waals surface area contributed by atoms with E-state index in [0.29, 0.717) is 5.01 Å². The molecule has 0 fully saturated rings. The van der Waals surface area contributed by atoms with Crippen LogP contribution in [0.5, 0.6) is 0 Å². The zero-order valence-corrected chi connectivity index (χ0v) is 7.26.